The normalized spacial score (nSPS) is 38.9. The molecule has 6 aliphatic rings. The molecule has 2 heterocycles. The smallest absolute Gasteiger partial charge is 0.251 e. The maximum Gasteiger partial charge on any atom is 0.251 e. The van der Waals surface area contributed by atoms with Crippen LogP contribution in [0.3, 0.4) is 0 Å². The lowest BCUT2D eigenvalue weighted by atomic mass is 9.40. The van der Waals surface area contributed by atoms with Gasteiger partial charge in [-0.25, -0.2) is 0 Å². The highest BCUT2D eigenvalue weighted by Crippen LogP contribution is 2.71. The van der Waals surface area contributed by atoms with E-state index in [1.165, 1.54) is 24.0 Å². The molecule has 3 saturated carbocycles. The van der Waals surface area contributed by atoms with Crippen LogP contribution in [0.5, 0.6) is 11.5 Å². The number of nitrogens with zero attached hydrogens (tertiary/aromatic N) is 1. The van der Waals surface area contributed by atoms with Gasteiger partial charge in [-0.15, -0.1) is 0 Å². The monoisotopic (exact) mass is 500 g/mol. The molecule has 4 aliphatic carbocycles. The van der Waals surface area contributed by atoms with E-state index in [1.807, 2.05) is 30.3 Å². The summed E-state index contributed by atoms with van der Waals surface area (Å²) in [5, 5.41) is 16.2. The zero-order chi connectivity index (χ0) is 25.0. The molecule has 2 spiro atoms. The summed E-state index contributed by atoms with van der Waals surface area (Å²) in [5.41, 5.74) is 1.75. The van der Waals surface area contributed by atoms with Gasteiger partial charge in [0.15, 0.2) is 11.5 Å². The number of ether oxygens (including phenoxy) is 2. The van der Waals surface area contributed by atoms with Gasteiger partial charge < -0.3 is 19.9 Å². The van der Waals surface area contributed by atoms with E-state index in [9.17, 15) is 9.90 Å². The van der Waals surface area contributed by atoms with Crippen LogP contribution in [0.2, 0.25) is 0 Å². The van der Waals surface area contributed by atoms with Gasteiger partial charge in [-0.2, -0.15) is 0 Å². The van der Waals surface area contributed by atoms with E-state index in [1.54, 1.807) is 7.11 Å². The first-order chi connectivity index (χ1) is 18.0. The number of hydrogen-bond acceptors (Lipinski definition) is 5. The molecule has 6 nitrogen and oxygen atoms in total. The first kappa shape index (κ1) is 22.4. The molecule has 2 bridgehead atoms. The summed E-state index contributed by atoms with van der Waals surface area (Å²) < 4.78 is 12.8. The third-order valence-electron chi connectivity index (χ3n) is 11.1. The molecule has 1 amide bonds. The highest BCUT2D eigenvalue weighted by molar-refractivity contribution is 5.94. The Labute approximate surface area is 218 Å². The van der Waals surface area contributed by atoms with Crippen LogP contribution in [0.1, 0.15) is 66.4 Å². The molecule has 0 aromatic heterocycles. The zero-order valence-electron chi connectivity index (χ0n) is 21.5. The molecule has 37 heavy (non-hydrogen) atoms. The molecule has 2 aliphatic heterocycles. The Morgan fingerprint density at radius 1 is 1.11 bits per heavy atom. The van der Waals surface area contributed by atoms with E-state index < -0.39 is 11.0 Å². The SMILES string of the molecule is COc1ccc2c3c1O[C@H]1[C@@]4(CC[C@@H]4NC(=O)c4ccccc4)CC[C@@]4(O)[C@@H](C2)N(CC2CC2)CC[C@]314. The molecule has 6 atom stereocenters. The minimum absolute atomic E-state index is 0.0161. The number of benzene rings is 2. The number of likely N-dealkylation sites (tertiary alicyclic amines) is 1. The summed E-state index contributed by atoms with van der Waals surface area (Å²) in [6, 6.07) is 13.9. The van der Waals surface area contributed by atoms with Crippen molar-refractivity contribution in [3.63, 3.8) is 0 Å². The number of rotatable bonds is 5. The third kappa shape index (κ3) is 2.76. The molecule has 4 fully saturated rings. The van der Waals surface area contributed by atoms with Gasteiger partial charge in [-0.05, 0) is 87.6 Å². The molecule has 194 valence electrons. The minimum atomic E-state index is -0.829. The maximum atomic E-state index is 13.2. The lowest BCUT2D eigenvalue weighted by Crippen LogP contribution is -2.80. The van der Waals surface area contributed by atoms with Gasteiger partial charge in [0.25, 0.3) is 5.91 Å². The van der Waals surface area contributed by atoms with E-state index in [0.717, 1.165) is 69.0 Å². The molecule has 2 aromatic rings. The van der Waals surface area contributed by atoms with Crippen molar-refractivity contribution in [3.05, 3.63) is 59.2 Å². The second-order valence-electron chi connectivity index (χ2n) is 12.6. The number of aliphatic hydroxyl groups is 1. The van der Waals surface area contributed by atoms with Crippen molar-refractivity contribution in [1.29, 1.82) is 0 Å². The predicted octanol–water partition coefficient (Wildman–Crippen LogP) is 3.84. The molecule has 1 saturated heterocycles. The van der Waals surface area contributed by atoms with Crippen molar-refractivity contribution in [2.75, 3.05) is 20.2 Å². The molecule has 6 heteroatoms. The topological polar surface area (TPSA) is 71.0 Å². The molecule has 2 N–H and O–H groups in total. The van der Waals surface area contributed by atoms with E-state index in [0.29, 0.717) is 5.56 Å². The predicted molar refractivity (Wildman–Crippen MR) is 139 cm³/mol. The van der Waals surface area contributed by atoms with Crippen molar-refractivity contribution in [2.24, 2.45) is 11.3 Å². The summed E-state index contributed by atoms with van der Waals surface area (Å²) in [6.07, 6.45) is 7.83. The van der Waals surface area contributed by atoms with Gasteiger partial charge in [0.1, 0.15) is 6.10 Å². The summed E-state index contributed by atoms with van der Waals surface area (Å²) in [7, 11) is 1.71. The van der Waals surface area contributed by atoms with Gasteiger partial charge in [-0.1, -0.05) is 24.3 Å². The Morgan fingerprint density at radius 2 is 1.95 bits per heavy atom. The van der Waals surface area contributed by atoms with E-state index in [-0.39, 0.29) is 29.5 Å². The highest BCUT2D eigenvalue weighted by Gasteiger charge is 2.77. The van der Waals surface area contributed by atoms with Gasteiger partial charge >= 0.3 is 0 Å². The van der Waals surface area contributed by atoms with Crippen LogP contribution >= 0.6 is 0 Å². The fourth-order valence-corrected chi connectivity index (χ4v) is 9.11. The average molecular weight is 501 g/mol. The third-order valence-corrected chi connectivity index (χ3v) is 11.1. The second-order valence-corrected chi connectivity index (χ2v) is 12.6. The number of carbonyl (C=O) groups excluding carboxylic acids is 1. The van der Waals surface area contributed by atoms with Crippen molar-refractivity contribution in [2.45, 2.75) is 80.6 Å². The Bertz CT molecular complexity index is 1280. The highest BCUT2D eigenvalue weighted by atomic mass is 16.5. The first-order valence-corrected chi connectivity index (χ1v) is 14.2. The molecule has 2 aromatic carbocycles. The van der Waals surface area contributed by atoms with E-state index in [4.69, 9.17) is 9.47 Å². The summed E-state index contributed by atoms with van der Waals surface area (Å²) in [5.74, 6) is 2.39. The van der Waals surface area contributed by atoms with Gasteiger partial charge in [0.2, 0.25) is 0 Å². The molecular formula is C31H36N2O4. The number of hydrogen-bond donors (Lipinski definition) is 2. The molecular weight excluding hydrogens is 464 g/mol. The lowest BCUT2D eigenvalue weighted by Gasteiger charge is -2.69. The largest absolute Gasteiger partial charge is 0.493 e. The van der Waals surface area contributed by atoms with Crippen LogP contribution in [-0.4, -0.2) is 59.9 Å². The van der Waals surface area contributed by atoms with E-state index >= 15 is 0 Å². The van der Waals surface area contributed by atoms with Crippen LogP contribution in [0.4, 0.5) is 0 Å². The fraction of sp³-hybridized carbons (Fsp3) is 0.581. The molecule has 0 radical (unpaired) electrons. The van der Waals surface area contributed by atoms with Crippen molar-refractivity contribution >= 4 is 5.91 Å². The minimum Gasteiger partial charge on any atom is -0.493 e. The lowest BCUT2D eigenvalue weighted by molar-refractivity contribution is -0.235. The van der Waals surface area contributed by atoms with Gasteiger partial charge in [0.05, 0.1) is 18.1 Å². The number of carbonyl (C=O) groups is 1. The van der Waals surface area contributed by atoms with Crippen LogP contribution in [-0.2, 0) is 11.8 Å². The first-order valence-electron chi connectivity index (χ1n) is 14.2. The van der Waals surface area contributed by atoms with Gasteiger partial charge in [-0.3, -0.25) is 9.69 Å². The maximum absolute atomic E-state index is 13.2. The van der Waals surface area contributed by atoms with Crippen LogP contribution in [0, 0.1) is 11.3 Å². The standard InChI is InChI=1S/C31H36N2O4/c1-36-22-10-9-21-17-24-31(35)14-13-29(12-11-23(29)32-27(34)20-5-3-2-4-6-20)28-30(31,25(21)26(22)37-28)15-16-33(24)18-19-7-8-19/h2-6,9-10,19,23-24,28,35H,7-8,11-18H2,1H3,(H,32,34)/t23-,24+,28-,29-,30-,31+/m0/s1. The van der Waals surface area contributed by atoms with Crippen molar-refractivity contribution < 1.29 is 19.4 Å². The number of methoxy groups -OCH3 is 1. The Hall–Kier alpha value is -2.57. The number of nitrogens with one attached hydrogen (secondary N) is 1. The fourth-order valence-electron chi connectivity index (χ4n) is 9.11. The summed E-state index contributed by atoms with van der Waals surface area (Å²) in [6.45, 7) is 2.10. The van der Waals surface area contributed by atoms with E-state index in [2.05, 4.69) is 22.3 Å². The number of fused-ring (bicyclic) bond motifs is 1. The quantitative estimate of drug-likeness (QED) is 0.653. The van der Waals surface area contributed by atoms with Crippen molar-refractivity contribution in [1.82, 2.24) is 10.2 Å². The van der Waals surface area contributed by atoms with Crippen LogP contribution in [0.15, 0.2) is 42.5 Å². The Balaban J connectivity index is 1.22. The summed E-state index contributed by atoms with van der Waals surface area (Å²) >= 11 is 0. The Morgan fingerprint density at radius 3 is 2.68 bits per heavy atom. The summed E-state index contributed by atoms with van der Waals surface area (Å²) in [4.78, 5) is 15.8. The van der Waals surface area contributed by atoms with Crippen molar-refractivity contribution in [3.8, 4) is 11.5 Å². The zero-order valence-corrected chi connectivity index (χ0v) is 21.5. The Kier molecular flexibility index (Phi) is 4.55. The van der Waals surface area contributed by atoms with Gasteiger partial charge in [0, 0.05) is 35.2 Å². The average Bonchev–Trinajstić information content (AvgIpc) is 3.66. The van der Waals surface area contributed by atoms with Crippen LogP contribution < -0.4 is 14.8 Å². The molecule has 0 unspecified atom stereocenters. The second kappa shape index (κ2) is 7.51. The number of piperidine rings is 1. The van der Waals surface area contributed by atoms with Crippen LogP contribution in [0.25, 0.3) is 0 Å². The number of amides is 1. The molecule has 8 rings (SSSR count).